The first kappa shape index (κ1) is 12.0. The van der Waals surface area contributed by atoms with E-state index in [0.717, 1.165) is 0 Å². The molecule has 0 aromatic heterocycles. The van der Waals surface area contributed by atoms with E-state index in [9.17, 15) is 4.39 Å². The second-order valence-corrected chi connectivity index (χ2v) is 4.24. The van der Waals surface area contributed by atoms with Crippen molar-refractivity contribution >= 4 is 40.3 Å². The molecule has 0 aliphatic rings. The van der Waals surface area contributed by atoms with Crippen molar-refractivity contribution in [3.8, 4) is 0 Å². The van der Waals surface area contributed by atoms with Crippen LogP contribution >= 0.6 is 23.2 Å². The molecule has 3 N–H and O–H groups in total. The summed E-state index contributed by atoms with van der Waals surface area (Å²) in [4.78, 5) is 0. The van der Waals surface area contributed by atoms with E-state index in [1.54, 1.807) is 18.2 Å². The summed E-state index contributed by atoms with van der Waals surface area (Å²) in [6.45, 7) is 0. The molecule has 0 saturated carbocycles. The number of rotatable bonds is 2. The smallest absolute Gasteiger partial charge is 0.125 e. The lowest BCUT2D eigenvalue weighted by atomic mass is 10.2. The lowest BCUT2D eigenvalue weighted by Gasteiger charge is -2.11. The van der Waals surface area contributed by atoms with Crippen LogP contribution in [-0.2, 0) is 0 Å². The molecule has 2 nitrogen and oxygen atoms in total. The summed E-state index contributed by atoms with van der Waals surface area (Å²) in [6.07, 6.45) is 0. The summed E-state index contributed by atoms with van der Waals surface area (Å²) in [7, 11) is 0. The van der Waals surface area contributed by atoms with Crippen molar-refractivity contribution < 1.29 is 4.39 Å². The second-order valence-electron chi connectivity index (χ2n) is 3.46. The Morgan fingerprint density at radius 3 is 2.59 bits per heavy atom. The van der Waals surface area contributed by atoms with Gasteiger partial charge in [-0.05, 0) is 30.3 Å². The van der Waals surface area contributed by atoms with E-state index in [-0.39, 0.29) is 5.82 Å². The highest BCUT2D eigenvalue weighted by Crippen LogP contribution is 2.33. The predicted molar refractivity (Wildman–Crippen MR) is 70.6 cm³/mol. The third-order valence-electron chi connectivity index (χ3n) is 2.24. The van der Waals surface area contributed by atoms with Crippen LogP contribution in [0.5, 0.6) is 0 Å². The largest absolute Gasteiger partial charge is 0.397 e. The van der Waals surface area contributed by atoms with Crippen molar-refractivity contribution in [2.24, 2.45) is 0 Å². The molecular formula is C12H9Cl2FN2. The number of halogens is 3. The number of nitrogen functional groups attached to an aromatic ring is 1. The number of hydrogen-bond acceptors (Lipinski definition) is 2. The number of hydrogen-bond donors (Lipinski definition) is 2. The minimum absolute atomic E-state index is 0.373. The van der Waals surface area contributed by atoms with Gasteiger partial charge in [0.05, 0.1) is 27.1 Å². The molecular weight excluding hydrogens is 262 g/mol. The first-order valence-electron chi connectivity index (χ1n) is 4.84. The molecule has 17 heavy (non-hydrogen) atoms. The lowest BCUT2D eigenvalue weighted by molar-refractivity contribution is 0.628. The van der Waals surface area contributed by atoms with Gasteiger partial charge in [-0.1, -0.05) is 29.3 Å². The summed E-state index contributed by atoms with van der Waals surface area (Å²) in [5.41, 5.74) is 7.19. The molecule has 0 saturated heterocycles. The monoisotopic (exact) mass is 270 g/mol. The van der Waals surface area contributed by atoms with Gasteiger partial charge in [-0.25, -0.2) is 4.39 Å². The van der Waals surface area contributed by atoms with E-state index in [2.05, 4.69) is 5.32 Å². The van der Waals surface area contributed by atoms with Gasteiger partial charge < -0.3 is 11.1 Å². The molecule has 0 heterocycles. The van der Waals surface area contributed by atoms with Crippen LogP contribution in [-0.4, -0.2) is 0 Å². The normalized spacial score (nSPS) is 10.3. The predicted octanol–water partition coefficient (Wildman–Crippen LogP) is 4.46. The van der Waals surface area contributed by atoms with Crippen molar-refractivity contribution in [2.45, 2.75) is 0 Å². The topological polar surface area (TPSA) is 38.0 Å². The second kappa shape index (κ2) is 4.82. The average molecular weight is 271 g/mol. The molecule has 0 radical (unpaired) electrons. The molecule has 2 aromatic rings. The van der Waals surface area contributed by atoms with Crippen LogP contribution in [0.2, 0.25) is 10.0 Å². The van der Waals surface area contributed by atoms with Crippen LogP contribution in [0.25, 0.3) is 0 Å². The SMILES string of the molecule is Nc1ccc(F)cc1Nc1cccc(Cl)c1Cl. The maximum atomic E-state index is 13.1. The molecule has 0 amide bonds. The quantitative estimate of drug-likeness (QED) is 0.791. The summed E-state index contributed by atoms with van der Waals surface area (Å²) in [6, 6.07) is 9.22. The summed E-state index contributed by atoms with van der Waals surface area (Å²) < 4.78 is 13.1. The molecule has 2 aromatic carbocycles. The van der Waals surface area contributed by atoms with Gasteiger partial charge in [0.1, 0.15) is 5.82 Å². The summed E-state index contributed by atoms with van der Waals surface area (Å²) in [5, 5.41) is 3.74. The number of nitrogens with two attached hydrogens (primary N) is 1. The highest BCUT2D eigenvalue weighted by molar-refractivity contribution is 6.43. The Bertz CT molecular complexity index is 558. The zero-order valence-corrected chi connectivity index (χ0v) is 10.2. The molecule has 0 bridgehead atoms. The molecule has 0 unspecified atom stereocenters. The maximum absolute atomic E-state index is 13.1. The van der Waals surface area contributed by atoms with Crippen molar-refractivity contribution in [3.05, 3.63) is 52.3 Å². The standard InChI is InChI=1S/C12H9Cl2FN2/c13-8-2-1-3-10(12(8)14)17-11-6-7(15)4-5-9(11)16/h1-6,17H,16H2. The number of nitrogens with one attached hydrogen (secondary N) is 1. The van der Waals surface area contributed by atoms with Crippen LogP contribution in [0.1, 0.15) is 0 Å². The molecule has 2 rings (SSSR count). The van der Waals surface area contributed by atoms with E-state index in [4.69, 9.17) is 28.9 Å². The van der Waals surface area contributed by atoms with Crippen molar-refractivity contribution in [1.29, 1.82) is 0 Å². The fraction of sp³-hybridized carbons (Fsp3) is 0. The summed E-state index contributed by atoms with van der Waals surface area (Å²) >= 11 is 11.9. The Morgan fingerprint density at radius 2 is 1.82 bits per heavy atom. The molecule has 0 fully saturated rings. The van der Waals surface area contributed by atoms with E-state index in [0.29, 0.717) is 27.1 Å². The Morgan fingerprint density at radius 1 is 1.06 bits per heavy atom. The van der Waals surface area contributed by atoms with E-state index < -0.39 is 0 Å². The van der Waals surface area contributed by atoms with Crippen molar-refractivity contribution in [3.63, 3.8) is 0 Å². The Kier molecular flexibility index (Phi) is 3.41. The zero-order valence-electron chi connectivity index (χ0n) is 8.68. The van der Waals surface area contributed by atoms with E-state index in [1.165, 1.54) is 18.2 Å². The van der Waals surface area contributed by atoms with Crippen LogP contribution in [0.4, 0.5) is 21.5 Å². The highest BCUT2D eigenvalue weighted by Gasteiger charge is 2.07. The van der Waals surface area contributed by atoms with E-state index in [1.807, 2.05) is 0 Å². The van der Waals surface area contributed by atoms with Crippen LogP contribution in [0, 0.1) is 5.82 Å². The Labute approximate surface area is 108 Å². The van der Waals surface area contributed by atoms with Gasteiger partial charge >= 0.3 is 0 Å². The minimum Gasteiger partial charge on any atom is -0.397 e. The van der Waals surface area contributed by atoms with Gasteiger partial charge in [0.2, 0.25) is 0 Å². The highest BCUT2D eigenvalue weighted by atomic mass is 35.5. The zero-order chi connectivity index (χ0) is 12.4. The first-order chi connectivity index (χ1) is 8.08. The van der Waals surface area contributed by atoms with Crippen LogP contribution in [0.15, 0.2) is 36.4 Å². The van der Waals surface area contributed by atoms with Crippen molar-refractivity contribution in [2.75, 3.05) is 11.1 Å². The molecule has 5 heteroatoms. The van der Waals surface area contributed by atoms with Gasteiger partial charge in [0.15, 0.2) is 0 Å². The van der Waals surface area contributed by atoms with Crippen molar-refractivity contribution in [1.82, 2.24) is 0 Å². The number of anilines is 3. The third-order valence-corrected chi connectivity index (χ3v) is 3.06. The van der Waals surface area contributed by atoms with Crippen LogP contribution < -0.4 is 11.1 Å². The molecule has 0 atom stereocenters. The molecule has 0 aliphatic heterocycles. The van der Waals surface area contributed by atoms with Gasteiger partial charge in [-0.2, -0.15) is 0 Å². The fourth-order valence-electron chi connectivity index (χ4n) is 1.38. The molecule has 0 spiro atoms. The minimum atomic E-state index is -0.375. The van der Waals surface area contributed by atoms with E-state index >= 15 is 0 Å². The van der Waals surface area contributed by atoms with Gasteiger partial charge in [0.25, 0.3) is 0 Å². The maximum Gasteiger partial charge on any atom is 0.125 e. The van der Waals surface area contributed by atoms with Gasteiger partial charge in [0, 0.05) is 0 Å². The van der Waals surface area contributed by atoms with Crippen LogP contribution in [0.3, 0.4) is 0 Å². The lowest BCUT2D eigenvalue weighted by Crippen LogP contribution is -1.97. The molecule has 88 valence electrons. The Balaban J connectivity index is 2.38. The fourth-order valence-corrected chi connectivity index (χ4v) is 1.73. The number of benzene rings is 2. The first-order valence-corrected chi connectivity index (χ1v) is 5.59. The van der Waals surface area contributed by atoms with Gasteiger partial charge in [-0.3, -0.25) is 0 Å². The van der Waals surface area contributed by atoms with Gasteiger partial charge in [-0.15, -0.1) is 0 Å². The Hall–Kier alpha value is -1.45. The summed E-state index contributed by atoms with van der Waals surface area (Å²) in [5.74, 6) is -0.375. The average Bonchev–Trinajstić information content (AvgIpc) is 2.30. The molecule has 0 aliphatic carbocycles. The third kappa shape index (κ3) is 2.62.